The first kappa shape index (κ1) is 50.1. The van der Waals surface area contributed by atoms with Crippen molar-refractivity contribution in [3.63, 3.8) is 0 Å². The van der Waals surface area contributed by atoms with Gasteiger partial charge in [0.05, 0.1) is 0 Å². The summed E-state index contributed by atoms with van der Waals surface area (Å²) in [5.41, 5.74) is 5.86. The molecule has 268 valence electrons. The van der Waals surface area contributed by atoms with Crippen LogP contribution in [0.1, 0.15) is 179 Å². The molecular formula is C44H86Al2. The fourth-order valence-electron chi connectivity index (χ4n) is 5.45. The van der Waals surface area contributed by atoms with E-state index in [0.717, 1.165) is 18.3 Å². The van der Waals surface area contributed by atoms with Gasteiger partial charge in [0.2, 0.25) is 15.2 Å². The Morgan fingerprint density at radius 2 is 0.761 bits per heavy atom. The van der Waals surface area contributed by atoms with Gasteiger partial charge in [0, 0.05) is 0 Å². The lowest BCUT2D eigenvalue weighted by Crippen LogP contribution is -2.12. The number of rotatable bonds is 26. The van der Waals surface area contributed by atoms with Crippen LogP contribution in [0.5, 0.6) is 0 Å². The summed E-state index contributed by atoms with van der Waals surface area (Å²) in [5.74, 6) is 1.91. The molecule has 0 nitrogen and oxygen atoms in total. The highest BCUT2D eigenvalue weighted by Gasteiger charge is 2.15. The molecule has 0 atom stereocenters. The molecule has 0 unspecified atom stereocenters. The van der Waals surface area contributed by atoms with E-state index in [4.69, 9.17) is 0 Å². The van der Waals surface area contributed by atoms with Gasteiger partial charge in [0.1, 0.15) is 0 Å². The Morgan fingerprint density at radius 1 is 0.457 bits per heavy atom. The Hall–Kier alpha value is -0.235. The Labute approximate surface area is 304 Å². The molecule has 0 saturated carbocycles. The third-order valence-electron chi connectivity index (χ3n) is 8.34. The van der Waals surface area contributed by atoms with Gasteiger partial charge < -0.3 is 0 Å². The predicted molar refractivity (Wildman–Crippen MR) is 224 cm³/mol. The van der Waals surface area contributed by atoms with Crippen molar-refractivity contribution in [2.45, 2.75) is 206 Å². The number of allylic oxidation sites excluding steroid dienone is 9. The minimum absolute atomic E-state index is 0.316. The maximum Gasteiger partial charge on any atom is 0.261 e. The van der Waals surface area contributed by atoms with Crippen LogP contribution in [-0.2, 0) is 0 Å². The van der Waals surface area contributed by atoms with Gasteiger partial charge in [0.15, 0.2) is 0 Å². The van der Waals surface area contributed by atoms with Crippen molar-refractivity contribution in [3.05, 3.63) is 59.3 Å². The van der Waals surface area contributed by atoms with Crippen molar-refractivity contribution < 1.29 is 0 Å². The summed E-state index contributed by atoms with van der Waals surface area (Å²) in [6.45, 7) is 30.6. The van der Waals surface area contributed by atoms with Crippen LogP contribution in [-0.4, -0.2) is 29.4 Å². The quantitative estimate of drug-likeness (QED) is 0.0489. The van der Waals surface area contributed by atoms with Gasteiger partial charge in [-0.05, 0) is 113 Å². The van der Waals surface area contributed by atoms with Crippen molar-refractivity contribution in [3.8, 4) is 0 Å². The average Bonchev–Trinajstić information content (AvgIpc) is 2.95. The maximum atomic E-state index is 3.66. The van der Waals surface area contributed by atoms with E-state index in [9.17, 15) is 0 Å². The van der Waals surface area contributed by atoms with Crippen LogP contribution in [0.4, 0.5) is 0 Å². The molecule has 0 aliphatic rings. The van der Waals surface area contributed by atoms with E-state index in [1.165, 1.54) is 123 Å². The van der Waals surface area contributed by atoms with Gasteiger partial charge in [-0.15, -0.1) is 6.58 Å². The molecule has 0 rings (SSSR count). The third-order valence-corrected chi connectivity index (χ3v) is 15.1. The van der Waals surface area contributed by atoms with E-state index in [-0.39, 0.29) is 0 Å². The van der Waals surface area contributed by atoms with Crippen molar-refractivity contribution >= 4 is 29.4 Å². The van der Waals surface area contributed by atoms with Crippen LogP contribution in [0.15, 0.2) is 59.3 Å². The highest BCUT2D eigenvalue weighted by Crippen LogP contribution is 2.20. The Morgan fingerprint density at radius 3 is 1.02 bits per heavy atom. The Bertz CT molecular complexity index is 674. The van der Waals surface area contributed by atoms with Crippen LogP contribution in [0.2, 0.25) is 26.4 Å². The first-order valence-electron chi connectivity index (χ1n) is 20.0. The molecule has 0 spiro atoms. The minimum Gasteiger partial charge on any atom is -0.103 e. The summed E-state index contributed by atoms with van der Waals surface area (Å²) < 4.78 is 0. The highest BCUT2D eigenvalue weighted by molar-refractivity contribution is 6.58. The van der Waals surface area contributed by atoms with Crippen LogP contribution < -0.4 is 0 Å². The van der Waals surface area contributed by atoms with E-state index in [1.807, 2.05) is 6.08 Å². The first-order chi connectivity index (χ1) is 21.8. The SMILES string of the molecule is C=CCCCC=C(C)C.CC(C)=CCCCC[CH2][Al]([CH2]CCCCC=C(C)C)[CH2]CCCCC=C(C)C.CC(C)[CH2][AlH][CH2]C(C)C. The fourth-order valence-corrected chi connectivity index (χ4v) is 10.8. The normalized spacial score (nSPS) is 10.2. The minimum atomic E-state index is -0.494. The van der Waals surface area contributed by atoms with Gasteiger partial charge in [-0.2, -0.15) is 0 Å². The van der Waals surface area contributed by atoms with Crippen LogP contribution in [0, 0.1) is 11.8 Å². The lowest BCUT2D eigenvalue weighted by atomic mass is 10.1. The van der Waals surface area contributed by atoms with E-state index >= 15 is 0 Å². The fraction of sp³-hybridized carbons (Fsp3) is 0.773. The molecule has 0 amide bonds. The molecule has 0 aromatic carbocycles. The summed E-state index contributed by atoms with van der Waals surface area (Å²) in [4.78, 5) is 0. The molecule has 46 heavy (non-hydrogen) atoms. The molecule has 0 aromatic heterocycles. The van der Waals surface area contributed by atoms with Crippen LogP contribution >= 0.6 is 0 Å². The largest absolute Gasteiger partial charge is 0.261 e. The summed E-state index contributed by atoms with van der Waals surface area (Å²) >= 11 is -0.178. The molecular weight excluding hydrogens is 582 g/mol. The molecule has 0 aliphatic heterocycles. The molecule has 0 aliphatic carbocycles. The molecule has 0 fully saturated rings. The number of hydrogen-bond acceptors (Lipinski definition) is 0. The smallest absolute Gasteiger partial charge is 0.103 e. The standard InChI is InChI=1S/3C9H17.C9H16.2C4H9.2Al.H/c4*1-4-5-6-7-8-9(2)3;2*1-4(2)3;;;/h3*8H,1,4-7H2,2-3H3;4,8H,1,5-7H2,2-3H3;2*4H,1H2,2-3H3;;;. The van der Waals surface area contributed by atoms with Crippen molar-refractivity contribution in [2.24, 2.45) is 11.8 Å². The molecule has 0 heterocycles. The van der Waals surface area contributed by atoms with Gasteiger partial charge in [0.25, 0.3) is 14.1 Å². The van der Waals surface area contributed by atoms with E-state index in [0.29, 0.717) is 15.2 Å². The second kappa shape index (κ2) is 39.2. The predicted octanol–water partition coefficient (Wildman–Crippen LogP) is 15.9. The summed E-state index contributed by atoms with van der Waals surface area (Å²) in [6, 6.07) is 0. The zero-order chi connectivity index (χ0) is 35.4. The summed E-state index contributed by atoms with van der Waals surface area (Å²) in [6.07, 6.45) is 32.0. The van der Waals surface area contributed by atoms with Crippen LogP contribution in [0.25, 0.3) is 0 Å². The van der Waals surface area contributed by atoms with Crippen molar-refractivity contribution in [1.82, 2.24) is 0 Å². The maximum absolute atomic E-state index is 3.66. The molecule has 2 heteroatoms. The topological polar surface area (TPSA) is 0 Å². The molecule has 0 saturated heterocycles. The van der Waals surface area contributed by atoms with Gasteiger partial charge in [-0.3, -0.25) is 0 Å². The van der Waals surface area contributed by atoms with E-state index in [1.54, 1.807) is 15.8 Å². The van der Waals surface area contributed by atoms with Crippen molar-refractivity contribution in [2.75, 3.05) is 0 Å². The zero-order valence-corrected chi connectivity index (χ0v) is 36.7. The van der Waals surface area contributed by atoms with E-state index in [2.05, 4.69) is 114 Å². The summed E-state index contributed by atoms with van der Waals surface area (Å²) in [7, 11) is 0. The Kier molecular flexibility index (Phi) is 42.7. The number of unbranched alkanes of at least 4 members (excludes halogenated alkanes) is 11. The molecule has 0 bridgehead atoms. The van der Waals surface area contributed by atoms with Gasteiger partial charge in [-0.25, -0.2) is 0 Å². The van der Waals surface area contributed by atoms with Crippen LogP contribution in [0.3, 0.4) is 0 Å². The molecule has 0 radical (unpaired) electrons. The molecule has 0 aromatic rings. The first-order valence-corrected chi connectivity index (χ1v) is 24.4. The lowest BCUT2D eigenvalue weighted by molar-refractivity contribution is 0.692. The highest BCUT2D eigenvalue weighted by atomic mass is 27.2. The second-order valence-electron chi connectivity index (χ2n) is 15.8. The summed E-state index contributed by atoms with van der Waals surface area (Å²) in [5, 5.41) is 7.90. The zero-order valence-electron chi connectivity index (χ0n) is 34.2. The third kappa shape index (κ3) is 53.3. The molecule has 0 N–H and O–H groups in total. The monoisotopic (exact) mass is 669 g/mol. The number of hydrogen-bond donors (Lipinski definition) is 0. The van der Waals surface area contributed by atoms with Crippen molar-refractivity contribution in [1.29, 1.82) is 0 Å². The average molecular weight is 669 g/mol. The van der Waals surface area contributed by atoms with Gasteiger partial charge >= 0.3 is 0 Å². The lowest BCUT2D eigenvalue weighted by Gasteiger charge is -2.12. The Balaban J connectivity index is -0.000000831. The van der Waals surface area contributed by atoms with E-state index < -0.39 is 14.1 Å². The van der Waals surface area contributed by atoms with Gasteiger partial charge in [-0.1, -0.05) is 157 Å². The second-order valence-corrected chi connectivity index (χ2v) is 21.2.